The van der Waals surface area contributed by atoms with Crippen molar-refractivity contribution in [3.63, 3.8) is 0 Å². The molecule has 0 saturated heterocycles. The quantitative estimate of drug-likeness (QED) is 0.568. The maximum atomic E-state index is 12.0. The summed E-state index contributed by atoms with van der Waals surface area (Å²) in [5.41, 5.74) is 1.31. The van der Waals surface area contributed by atoms with Gasteiger partial charge >= 0.3 is 6.09 Å². The molecule has 0 fully saturated rings. The average Bonchev–Trinajstić information content (AvgIpc) is 2.49. The summed E-state index contributed by atoms with van der Waals surface area (Å²) in [6.45, 7) is 1.85. The molecule has 1 heterocycles. The number of anilines is 1. The number of nitrogens with one attached hydrogen (secondary N) is 2. The van der Waals surface area contributed by atoms with Gasteiger partial charge in [-0.1, -0.05) is 17.7 Å². The van der Waals surface area contributed by atoms with Crippen LogP contribution in [0.2, 0.25) is 0 Å². The van der Waals surface area contributed by atoms with Gasteiger partial charge in [-0.05, 0) is 31.2 Å². The first-order valence-electron chi connectivity index (χ1n) is 6.45. The first-order chi connectivity index (χ1) is 10.9. The SMILES string of the molecule is Cc1ccc(S(=O)(=O)N/N=C/c2ncccc2NC(=O)O)cc1. The lowest BCUT2D eigenvalue weighted by atomic mass is 10.2. The van der Waals surface area contributed by atoms with Crippen molar-refractivity contribution >= 4 is 28.0 Å². The van der Waals surface area contributed by atoms with E-state index in [1.165, 1.54) is 24.4 Å². The minimum Gasteiger partial charge on any atom is -0.465 e. The molecule has 1 aromatic heterocycles. The zero-order valence-electron chi connectivity index (χ0n) is 12.1. The Bertz CT molecular complexity index is 832. The monoisotopic (exact) mass is 334 g/mol. The van der Waals surface area contributed by atoms with Crippen molar-refractivity contribution in [2.24, 2.45) is 5.10 Å². The fraction of sp³-hybridized carbons (Fsp3) is 0.0714. The number of aryl methyl sites for hydroxylation is 1. The minimum absolute atomic E-state index is 0.0742. The zero-order chi connectivity index (χ0) is 16.9. The number of carbonyl (C=O) groups is 1. The summed E-state index contributed by atoms with van der Waals surface area (Å²) in [5, 5.41) is 14.5. The van der Waals surface area contributed by atoms with Crippen molar-refractivity contribution in [3.8, 4) is 0 Å². The van der Waals surface area contributed by atoms with E-state index in [4.69, 9.17) is 5.11 Å². The van der Waals surface area contributed by atoms with Gasteiger partial charge in [0.2, 0.25) is 0 Å². The summed E-state index contributed by atoms with van der Waals surface area (Å²) in [7, 11) is -3.80. The Kier molecular flexibility index (Phi) is 4.91. The maximum absolute atomic E-state index is 12.0. The van der Waals surface area contributed by atoms with Crippen LogP contribution in [0.15, 0.2) is 52.6 Å². The summed E-state index contributed by atoms with van der Waals surface area (Å²) in [6.07, 6.45) is 1.30. The number of rotatable bonds is 5. The predicted octanol–water partition coefficient (Wildman–Crippen LogP) is 1.79. The van der Waals surface area contributed by atoms with Crippen LogP contribution in [0, 0.1) is 6.92 Å². The number of amides is 1. The predicted molar refractivity (Wildman–Crippen MR) is 85.0 cm³/mol. The number of hydrogen-bond acceptors (Lipinski definition) is 5. The van der Waals surface area contributed by atoms with Crippen molar-refractivity contribution in [2.75, 3.05) is 5.32 Å². The largest absolute Gasteiger partial charge is 0.465 e. The number of pyridine rings is 1. The highest BCUT2D eigenvalue weighted by molar-refractivity contribution is 7.89. The van der Waals surface area contributed by atoms with Gasteiger partial charge in [0.15, 0.2) is 0 Å². The van der Waals surface area contributed by atoms with Gasteiger partial charge in [0.25, 0.3) is 10.0 Å². The Labute approximate surface area is 132 Å². The molecule has 0 bridgehead atoms. The topological polar surface area (TPSA) is 121 Å². The average molecular weight is 334 g/mol. The number of hydrazone groups is 1. The molecule has 2 rings (SSSR count). The molecule has 0 atom stereocenters. The van der Waals surface area contributed by atoms with Gasteiger partial charge in [-0.25, -0.2) is 9.63 Å². The normalized spacial score (nSPS) is 11.3. The number of sulfonamides is 1. The maximum Gasteiger partial charge on any atom is 0.409 e. The lowest BCUT2D eigenvalue weighted by molar-refractivity contribution is 0.209. The van der Waals surface area contributed by atoms with Crippen molar-refractivity contribution in [1.29, 1.82) is 0 Å². The zero-order valence-corrected chi connectivity index (χ0v) is 12.9. The summed E-state index contributed by atoms with van der Waals surface area (Å²) >= 11 is 0. The number of aromatic nitrogens is 1. The van der Waals surface area contributed by atoms with Gasteiger partial charge in [-0.2, -0.15) is 13.5 Å². The molecule has 0 aliphatic heterocycles. The van der Waals surface area contributed by atoms with Crippen molar-refractivity contribution < 1.29 is 18.3 Å². The molecule has 2 aromatic rings. The van der Waals surface area contributed by atoms with Gasteiger partial charge in [-0.3, -0.25) is 10.3 Å². The third-order valence-corrected chi connectivity index (χ3v) is 4.01. The molecule has 0 radical (unpaired) electrons. The van der Waals surface area contributed by atoms with Crippen molar-refractivity contribution in [1.82, 2.24) is 9.82 Å². The highest BCUT2D eigenvalue weighted by Crippen LogP contribution is 2.11. The van der Waals surface area contributed by atoms with Crippen LogP contribution in [0.1, 0.15) is 11.3 Å². The highest BCUT2D eigenvalue weighted by atomic mass is 32.2. The molecule has 9 heteroatoms. The fourth-order valence-corrected chi connectivity index (χ4v) is 2.46. The molecule has 8 nitrogen and oxygen atoms in total. The van der Waals surface area contributed by atoms with E-state index in [9.17, 15) is 13.2 Å². The van der Waals surface area contributed by atoms with Crippen LogP contribution in [-0.4, -0.2) is 30.8 Å². The van der Waals surface area contributed by atoms with Crippen LogP contribution in [-0.2, 0) is 10.0 Å². The van der Waals surface area contributed by atoms with E-state index < -0.39 is 16.1 Å². The van der Waals surface area contributed by atoms with Crippen LogP contribution in [0.5, 0.6) is 0 Å². The number of hydrogen-bond donors (Lipinski definition) is 3. The van der Waals surface area contributed by atoms with E-state index >= 15 is 0 Å². The molecule has 1 aromatic carbocycles. The van der Waals surface area contributed by atoms with E-state index in [0.717, 1.165) is 11.8 Å². The molecule has 23 heavy (non-hydrogen) atoms. The number of nitrogens with zero attached hydrogens (tertiary/aromatic N) is 2. The molecular weight excluding hydrogens is 320 g/mol. The standard InChI is InChI=1S/C14H14N4O4S/c1-10-4-6-11(7-5-10)23(21,22)18-16-9-13-12(17-14(19)20)3-2-8-15-13/h2-9,17-18H,1H3,(H,19,20)/b16-9+. The van der Waals surface area contributed by atoms with Crippen molar-refractivity contribution in [3.05, 3.63) is 53.9 Å². The van der Waals surface area contributed by atoms with Crippen LogP contribution >= 0.6 is 0 Å². The molecule has 0 unspecified atom stereocenters. The van der Waals surface area contributed by atoms with E-state index in [-0.39, 0.29) is 16.3 Å². The van der Waals surface area contributed by atoms with Gasteiger partial charge in [0, 0.05) is 6.20 Å². The Morgan fingerprint density at radius 1 is 1.26 bits per heavy atom. The Morgan fingerprint density at radius 3 is 2.61 bits per heavy atom. The van der Waals surface area contributed by atoms with Gasteiger partial charge < -0.3 is 5.11 Å². The third-order valence-electron chi connectivity index (χ3n) is 2.77. The second-order valence-corrected chi connectivity index (χ2v) is 6.19. The van der Waals surface area contributed by atoms with E-state index in [0.29, 0.717) is 0 Å². The molecule has 120 valence electrons. The van der Waals surface area contributed by atoms with Gasteiger partial charge in [0.05, 0.1) is 16.8 Å². The molecule has 0 spiro atoms. The number of benzene rings is 1. The molecule has 0 aliphatic rings. The summed E-state index contributed by atoms with van der Waals surface area (Å²) in [4.78, 5) is 16.7. The second kappa shape index (κ2) is 6.88. The summed E-state index contributed by atoms with van der Waals surface area (Å²) in [5.74, 6) is 0. The lowest BCUT2D eigenvalue weighted by Crippen LogP contribution is -2.18. The second-order valence-electron chi connectivity index (χ2n) is 4.53. The molecule has 0 saturated carbocycles. The van der Waals surface area contributed by atoms with Crippen LogP contribution in [0.4, 0.5) is 10.5 Å². The Morgan fingerprint density at radius 2 is 1.96 bits per heavy atom. The minimum atomic E-state index is -3.80. The smallest absolute Gasteiger partial charge is 0.409 e. The lowest BCUT2D eigenvalue weighted by Gasteiger charge is -2.05. The molecule has 1 amide bonds. The van der Waals surface area contributed by atoms with E-state index in [1.807, 2.05) is 6.92 Å². The van der Waals surface area contributed by atoms with Crippen LogP contribution < -0.4 is 10.1 Å². The highest BCUT2D eigenvalue weighted by Gasteiger charge is 2.12. The Balaban J connectivity index is 2.15. The number of carboxylic acid groups (broad SMARTS) is 1. The summed E-state index contributed by atoms with van der Waals surface area (Å²) < 4.78 is 24.1. The fourth-order valence-electron chi connectivity index (χ4n) is 1.67. The van der Waals surface area contributed by atoms with E-state index in [1.54, 1.807) is 18.2 Å². The first kappa shape index (κ1) is 16.4. The first-order valence-corrected chi connectivity index (χ1v) is 7.93. The summed E-state index contributed by atoms with van der Waals surface area (Å²) in [6, 6.07) is 9.30. The van der Waals surface area contributed by atoms with Gasteiger partial charge in [0.1, 0.15) is 5.69 Å². The van der Waals surface area contributed by atoms with Crippen LogP contribution in [0.3, 0.4) is 0 Å². The van der Waals surface area contributed by atoms with Gasteiger partial charge in [-0.15, -0.1) is 0 Å². The van der Waals surface area contributed by atoms with E-state index in [2.05, 4.69) is 20.2 Å². The van der Waals surface area contributed by atoms with Crippen molar-refractivity contribution in [2.45, 2.75) is 11.8 Å². The third kappa shape index (κ3) is 4.51. The van der Waals surface area contributed by atoms with Crippen LogP contribution in [0.25, 0.3) is 0 Å². The molecule has 0 aliphatic carbocycles. The molecule has 3 N–H and O–H groups in total. The Hall–Kier alpha value is -2.94. The molecular formula is C14H14N4O4S.